The summed E-state index contributed by atoms with van der Waals surface area (Å²) in [4.78, 5) is 16.6. The number of benzene rings is 3. The van der Waals surface area contributed by atoms with Crippen LogP contribution in [0.3, 0.4) is 0 Å². The van der Waals surface area contributed by atoms with Crippen molar-refractivity contribution in [3.05, 3.63) is 89.0 Å². The molecule has 0 aliphatic carbocycles. The lowest BCUT2D eigenvalue weighted by Gasteiger charge is -2.11. The van der Waals surface area contributed by atoms with Crippen molar-refractivity contribution in [2.75, 3.05) is 11.1 Å². The lowest BCUT2D eigenvalue weighted by molar-refractivity contribution is -0.111. The molecule has 0 aliphatic rings. The van der Waals surface area contributed by atoms with Crippen LogP contribution in [0.1, 0.15) is 5.56 Å². The first-order chi connectivity index (χ1) is 15.7. The standard InChI is InChI=1S/C24H19BrN4O3S/c25-20-14-17(18-3-1-2-4-22(18)33(27,31)32)8-9-21(20)29-23(30)10-6-15-5-7-16-11-12-28-24(26)19(16)13-15/h1-14H,(H2,26,28)(H,29,30)(H2,27,31,32). The Morgan fingerprint density at radius 2 is 1.82 bits per heavy atom. The molecule has 7 nitrogen and oxygen atoms in total. The second-order valence-corrected chi connectivity index (χ2v) is 9.62. The summed E-state index contributed by atoms with van der Waals surface area (Å²) in [5, 5.41) is 9.92. The van der Waals surface area contributed by atoms with Crippen LogP contribution in [-0.4, -0.2) is 19.3 Å². The number of nitrogens with zero attached hydrogens (tertiary/aromatic N) is 1. The summed E-state index contributed by atoms with van der Waals surface area (Å²) < 4.78 is 24.4. The van der Waals surface area contributed by atoms with E-state index in [4.69, 9.17) is 10.9 Å². The zero-order valence-corrected chi connectivity index (χ0v) is 19.6. The maximum absolute atomic E-state index is 12.5. The number of aromatic nitrogens is 1. The number of hydrogen-bond acceptors (Lipinski definition) is 5. The number of carbonyl (C=O) groups excluding carboxylic acids is 1. The summed E-state index contributed by atoms with van der Waals surface area (Å²) >= 11 is 3.44. The molecule has 0 unspecified atom stereocenters. The van der Waals surface area contributed by atoms with Gasteiger partial charge >= 0.3 is 0 Å². The van der Waals surface area contributed by atoms with E-state index in [0.29, 0.717) is 27.1 Å². The number of sulfonamides is 1. The molecular formula is C24H19BrN4O3S. The zero-order valence-electron chi connectivity index (χ0n) is 17.2. The lowest BCUT2D eigenvalue weighted by Crippen LogP contribution is -2.13. The van der Waals surface area contributed by atoms with E-state index in [1.165, 1.54) is 12.1 Å². The molecule has 4 rings (SSSR count). The Morgan fingerprint density at radius 3 is 2.58 bits per heavy atom. The number of amides is 1. The van der Waals surface area contributed by atoms with Crippen molar-refractivity contribution in [1.29, 1.82) is 0 Å². The van der Waals surface area contributed by atoms with E-state index in [2.05, 4.69) is 26.2 Å². The molecule has 0 saturated carbocycles. The van der Waals surface area contributed by atoms with Crippen molar-refractivity contribution in [3.63, 3.8) is 0 Å². The Kier molecular flexibility index (Phi) is 6.28. The van der Waals surface area contributed by atoms with Gasteiger partial charge in [0.2, 0.25) is 15.9 Å². The highest BCUT2D eigenvalue weighted by molar-refractivity contribution is 9.10. The third-order valence-electron chi connectivity index (χ3n) is 4.98. The van der Waals surface area contributed by atoms with E-state index in [1.54, 1.807) is 48.7 Å². The molecule has 9 heteroatoms. The van der Waals surface area contributed by atoms with E-state index in [9.17, 15) is 13.2 Å². The highest BCUT2D eigenvalue weighted by atomic mass is 79.9. The third kappa shape index (κ3) is 5.11. The monoisotopic (exact) mass is 522 g/mol. The number of pyridine rings is 1. The Bertz CT molecular complexity index is 1520. The first-order valence-corrected chi connectivity index (χ1v) is 12.1. The van der Waals surface area contributed by atoms with Crippen molar-refractivity contribution >= 4 is 60.2 Å². The lowest BCUT2D eigenvalue weighted by atomic mass is 10.1. The highest BCUT2D eigenvalue weighted by Gasteiger charge is 2.15. The molecule has 1 heterocycles. The fourth-order valence-corrected chi connectivity index (χ4v) is 4.63. The maximum atomic E-state index is 12.5. The topological polar surface area (TPSA) is 128 Å². The van der Waals surface area contributed by atoms with Gasteiger partial charge < -0.3 is 11.1 Å². The van der Waals surface area contributed by atoms with E-state index in [1.807, 2.05) is 24.3 Å². The Morgan fingerprint density at radius 1 is 1.03 bits per heavy atom. The first-order valence-electron chi connectivity index (χ1n) is 9.77. The Balaban J connectivity index is 1.53. The minimum Gasteiger partial charge on any atom is -0.383 e. The minimum absolute atomic E-state index is 0.0304. The molecule has 0 bridgehead atoms. The van der Waals surface area contributed by atoms with Crippen LogP contribution in [0, 0.1) is 0 Å². The fraction of sp³-hybridized carbons (Fsp3) is 0. The number of anilines is 2. The van der Waals surface area contributed by atoms with Crippen molar-refractivity contribution in [3.8, 4) is 11.1 Å². The molecule has 1 amide bonds. The molecule has 166 valence electrons. The van der Waals surface area contributed by atoms with Gasteiger partial charge in [-0.2, -0.15) is 0 Å². The number of hydrogen-bond donors (Lipinski definition) is 3. The number of nitrogen functional groups attached to an aromatic ring is 1. The molecule has 3 aromatic carbocycles. The van der Waals surface area contributed by atoms with Gasteiger partial charge in [0.25, 0.3) is 0 Å². The zero-order chi connectivity index (χ0) is 23.6. The summed E-state index contributed by atoms with van der Waals surface area (Å²) in [6, 6.07) is 19.1. The molecule has 0 spiro atoms. The molecule has 0 saturated heterocycles. The summed E-state index contributed by atoms with van der Waals surface area (Å²) in [5.41, 5.74) is 8.39. The molecule has 4 aromatic rings. The van der Waals surface area contributed by atoms with Gasteiger partial charge in [-0.05, 0) is 68.9 Å². The van der Waals surface area contributed by atoms with E-state index >= 15 is 0 Å². The van der Waals surface area contributed by atoms with Crippen LogP contribution >= 0.6 is 15.9 Å². The minimum atomic E-state index is -3.88. The van der Waals surface area contributed by atoms with Gasteiger partial charge in [0, 0.05) is 27.7 Å². The number of fused-ring (bicyclic) bond motifs is 1. The number of primary sulfonamides is 1. The van der Waals surface area contributed by atoms with Crippen LogP contribution < -0.4 is 16.2 Å². The van der Waals surface area contributed by atoms with Crippen LogP contribution in [-0.2, 0) is 14.8 Å². The highest BCUT2D eigenvalue weighted by Crippen LogP contribution is 2.32. The molecule has 0 fully saturated rings. The van der Waals surface area contributed by atoms with Gasteiger partial charge in [0.05, 0.1) is 10.6 Å². The van der Waals surface area contributed by atoms with Crippen molar-refractivity contribution in [2.24, 2.45) is 5.14 Å². The molecular weight excluding hydrogens is 504 g/mol. The van der Waals surface area contributed by atoms with E-state index in [-0.39, 0.29) is 10.8 Å². The summed E-state index contributed by atoms with van der Waals surface area (Å²) in [6.45, 7) is 0. The average molecular weight is 523 g/mol. The van der Waals surface area contributed by atoms with Gasteiger partial charge in [-0.1, -0.05) is 36.4 Å². The van der Waals surface area contributed by atoms with Gasteiger partial charge in [-0.3, -0.25) is 4.79 Å². The summed E-state index contributed by atoms with van der Waals surface area (Å²) in [7, 11) is -3.88. The predicted molar refractivity (Wildman–Crippen MR) is 135 cm³/mol. The van der Waals surface area contributed by atoms with Crippen molar-refractivity contribution in [2.45, 2.75) is 4.90 Å². The SMILES string of the molecule is Nc1nccc2ccc(C=CC(=O)Nc3ccc(-c4ccccc4S(N)(=O)=O)cc3Br)cc12. The average Bonchev–Trinajstić information content (AvgIpc) is 2.79. The normalized spacial score (nSPS) is 11.7. The molecule has 5 N–H and O–H groups in total. The van der Waals surface area contributed by atoms with Gasteiger partial charge in [-0.25, -0.2) is 18.5 Å². The van der Waals surface area contributed by atoms with Crippen molar-refractivity contribution in [1.82, 2.24) is 4.98 Å². The second-order valence-electron chi connectivity index (χ2n) is 7.24. The molecule has 0 atom stereocenters. The number of rotatable bonds is 5. The first kappa shape index (κ1) is 22.7. The Labute approximate surface area is 199 Å². The van der Waals surface area contributed by atoms with Gasteiger partial charge in [-0.15, -0.1) is 0 Å². The van der Waals surface area contributed by atoms with Crippen molar-refractivity contribution < 1.29 is 13.2 Å². The van der Waals surface area contributed by atoms with Crippen LogP contribution in [0.25, 0.3) is 28.0 Å². The van der Waals surface area contributed by atoms with Crippen LogP contribution in [0.15, 0.2) is 88.4 Å². The van der Waals surface area contributed by atoms with Crippen LogP contribution in [0.2, 0.25) is 0 Å². The predicted octanol–water partition coefficient (Wildman–Crippen LogP) is 4.55. The number of nitrogens with two attached hydrogens (primary N) is 2. The fourth-order valence-electron chi connectivity index (χ4n) is 3.40. The molecule has 1 aromatic heterocycles. The summed E-state index contributed by atoms with van der Waals surface area (Å²) in [6.07, 6.45) is 4.76. The molecule has 0 radical (unpaired) electrons. The third-order valence-corrected chi connectivity index (χ3v) is 6.60. The number of nitrogens with one attached hydrogen (secondary N) is 1. The van der Waals surface area contributed by atoms with Crippen LogP contribution in [0.4, 0.5) is 11.5 Å². The second kappa shape index (κ2) is 9.14. The van der Waals surface area contributed by atoms with E-state index in [0.717, 1.165) is 16.3 Å². The van der Waals surface area contributed by atoms with Gasteiger partial charge in [0.1, 0.15) is 5.82 Å². The summed E-state index contributed by atoms with van der Waals surface area (Å²) in [5.74, 6) is 0.105. The largest absolute Gasteiger partial charge is 0.383 e. The quantitative estimate of drug-likeness (QED) is 0.331. The number of halogens is 1. The number of carbonyl (C=O) groups is 1. The van der Waals surface area contributed by atoms with Gasteiger partial charge in [0.15, 0.2) is 0 Å². The molecule has 0 aliphatic heterocycles. The van der Waals surface area contributed by atoms with E-state index < -0.39 is 10.0 Å². The smallest absolute Gasteiger partial charge is 0.248 e. The molecule has 33 heavy (non-hydrogen) atoms. The Hall–Kier alpha value is -3.53. The van der Waals surface area contributed by atoms with Crippen LogP contribution in [0.5, 0.6) is 0 Å². The maximum Gasteiger partial charge on any atom is 0.248 e.